The number of benzene rings is 2. The number of hydrogen-bond acceptors (Lipinski definition) is 3. The molecule has 1 N–H and O–H groups in total. The Morgan fingerprint density at radius 2 is 1.61 bits per heavy atom. The number of thiophene rings is 1. The number of aryl methyl sites for hydroxylation is 1. The lowest BCUT2D eigenvalue weighted by atomic mass is 10.0. The number of para-hydroxylation sites is 1. The van der Waals surface area contributed by atoms with E-state index in [0.717, 1.165) is 5.56 Å². The Kier molecular flexibility index (Phi) is 4.35. The molecular weight excluding hydrogens is 306 g/mol. The summed E-state index contributed by atoms with van der Waals surface area (Å²) in [5.74, 6) is -0.296. The summed E-state index contributed by atoms with van der Waals surface area (Å²) < 4.78 is 0. The van der Waals surface area contributed by atoms with Crippen molar-refractivity contribution in [2.75, 3.05) is 5.32 Å². The zero-order valence-corrected chi connectivity index (χ0v) is 13.4. The van der Waals surface area contributed by atoms with Crippen LogP contribution in [0.3, 0.4) is 0 Å². The Hall–Kier alpha value is -2.72. The highest BCUT2D eigenvalue weighted by atomic mass is 32.1. The van der Waals surface area contributed by atoms with Gasteiger partial charge in [0.2, 0.25) is 0 Å². The van der Waals surface area contributed by atoms with Crippen LogP contribution in [0.5, 0.6) is 0 Å². The molecule has 0 fully saturated rings. The molecule has 1 amide bonds. The zero-order chi connectivity index (χ0) is 16.2. The molecule has 0 bridgehead atoms. The first-order valence-corrected chi connectivity index (χ1v) is 8.09. The van der Waals surface area contributed by atoms with Gasteiger partial charge < -0.3 is 5.32 Å². The first-order chi connectivity index (χ1) is 11.2. The smallest absolute Gasteiger partial charge is 0.266 e. The topological polar surface area (TPSA) is 46.2 Å². The molecule has 0 spiro atoms. The fraction of sp³-hybridized carbons (Fsp3) is 0.0526. The second-order valence-electron chi connectivity index (χ2n) is 5.13. The van der Waals surface area contributed by atoms with Crippen LogP contribution in [0.15, 0.2) is 66.0 Å². The first kappa shape index (κ1) is 15.2. The van der Waals surface area contributed by atoms with Gasteiger partial charge in [-0.15, -0.1) is 11.3 Å². The van der Waals surface area contributed by atoms with Gasteiger partial charge in [0.15, 0.2) is 5.78 Å². The molecular formula is C19H15NO2S. The Morgan fingerprint density at radius 1 is 0.913 bits per heavy atom. The molecule has 0 aliphatic heterocycles. The molecule has 0 unspecified atom stereocenters. The van der Waals surface area contributed by atoms with Gasteiger partial charge in [-0.05, 0) is 36.1 Å². The average Bonchev–Trinajstić information content (AvgIpc) is 3.02. The SMILES string of the molecule is Cc1ccsc1C(=O)Nc1ccccc1C(=O)c1ccccc1. The molecule has 1 aromatic heterocycles. The number of nitrogens with one attached hydrogen (secondary N) is 1. The number of hydrogen-bond donors (Lipinski definition) is 1. The van der Waals surface area contributed by atoms with E-state index in [4.69, 9.17) is 0 Å². The van der Waals surface area contributed by atoms with Gasteiger partial charge in [-0.25, -0.2) is 0 Å². The number of carbonyl (C=O) groups excluding carboxylic acids is 2. The van der Waals surface area contributed by atoms with E-state index in [1.54, 1.807) is 36.4 Å². The summed E-state index contributed by atoms with van der Waals surface area (Å²) in [6, 6.07) is 18.0. The Labute approximate surface area is 138 Å². The maximum absolute atomic E-state index is 12.7. The van der Waals surface area contributed by atoms with Crippen LogP contribution in [0.25, 0.3) is 0 Å². The van der Waals surface area contributed by atoms with Crippen LogP contribution in [0, 0.1) is 6.92 Å². The predicted molar refractivity (Wildman–Crippen MR) is 93.3 cm³/mol. The van der Waals surface area contributed by atoms with Crippen LogP contribution in [0.2, 0.25) is 0 Å². The first-order valence-electron chi connectivity index (χ1n) is 7.21. The van der Waals surface area contributed by atoms with E-state index < -0.39 is 0 Å². The second-order valence-corrected chi connectivity index (χ2v) is 6.04. The summed E-state index contributed by atoms with van der Waals surface area (Å²) in [4.78, 5) is 25.7. The van der Waals surface area contributed by atoms with Crippen molar-refractivity contribution in [2.45, 2.75) is 6.92 Å². The van der Waals surface area contributed by atoms with E-state index in [-0.39, 0.29) is 11.7 Å². The minimum absolute atomic E-state index is 0.107. The van der Waals surface area contributed by atoms with E-state index in [2.05, 4.69) is 5.32 Å². The summed E-state index contributed by atoms with van der Waals surface area (Å²) >= 11 is 1.39. The van der Waals surface area contributed by atoms with Gasteiger partial charge in [-0.3, -0.25) is 9.59 Å². The van der Waals surface area contributed by atoms with Crippen molar-refractivity contribution in [3.05, 3.63) is 87.6 Å². The summed E-state index contributed by atoms with van der Waals surface area (Å²) in [6.07, 6.45) is 0. The molecule has 4 heteroatoms. The Balaban J connectivity index is 1.91. The van der Waals surface area contributed by atoms with E-state index in [0.29, 0.717) is 21.7 Å². The Morgan fingerprint density at radius 3 is 2.30 bits per heavy atom. The highest BCUT2D eigenvalue weighted by Crippen LogP contribution is 2.22. The summed E-state index contributed by atoms with van der Waals surface area (Å²) in [6.45, 7) is 1.90. The summed E-state index contributed by atoms with van der Waals surface area (Å²) in [5, 5.41) is 4.74. The lowest BCUT2D eigenvalue weighted by molar-refractivity contribution is 0.103. The fourth-order valence-corrected chi connectivity index (χ4v) is 3.14. The van der Waals surface area contributed by atoms with Crippen molar-refractivity contribution < 1.29 is 9.59 Å². The normalized spacial score (nSPS) is 10.3. The molecule has 3 nitrogen and oxygen atoms in total. The molecule has 1 heterocycles. The highest BCUT2D eigenvalue weighted by molar-refractivity contribution is 7.12. The monoisotopic (exact) mass is 321 g/mol. The Bertz CT molecular complexity index is 853. The standard InChI is InChI=1S/C19H15NO2S/c1-13-11-12-23-18(13)19(22)20-16-10-6-5-9-15(16)17(21)14-7-3-2-4-8-14/h2-12H,1H3,(H,20,22). The molecule has 23 heavy (non-hydrogen) atoms. The third-order valence-electron chi connectivity index (χ3n) is 3.52. The van der Waals surface area contributed by atoms with Gasteiger partial charge in [-0.2, -0.15) is 0 Å². The largest absolute Gasteiger partial charge is 0.321 e. The van der Waals surface area contributed by atoms with Gasteiger partial charge >= 0.3 is 0 Å². The minimum atomic E-state index is -0.189. The lowest BCUT2D eigenvalue weighted by Gasteiger charge is -2.10. The van der Waals surface area contributed by atoms with Crippen molar-refractivity contribution in [2.24, 2.45) is 0 Å². The van der Waals surface area contributed by atoms with Crippen molar-refractivity contribution in [3.63, 3.8) is 0 Å². The van der Waals surface area contributed by atoms with E-state index in [1.165, 1.54) is 11.3 Å². The number of rotatable bonds is 4. The van der Waals surface area contributed by atoms with E-state index in [9.17, 15) is 9.59 Å². The number of amides is 1. The summed E-state index contributed by atoms with van der Waals surface area (Å²) in [7, 11) is 0. The minimum Gasteiger partial charge on any atom is -0.321 e. The van der Waals surface area contributed by atoms with Gasteiger partial charge in [0.1, 0.15) is 0 Å². The molecule has 0 radical (unpaired) electrons. The van der Waals surface area contributed by atoms with Crippen LogP contribution in [0.4, 0.5) is 5.69 Å². The highest BCUT2D eigenvalue weighted by Gasteiger charge is 2.16. The van der Waals surface area contributed by atoms with E-state index in [1.807, 2.05) is 36.6 Å². The molecule has 0 atom stereocenters. The third-order valence-corrected chi connectivity index (χ3v) is 4.54. The zero-order valence-electron chi connectivity index (χ0n) is 12.6. The van der Waals surface area contributed by atoms with Crippen molar-refractivity contribution in [1.82, 2.24) is 0 Å². The van der Waals surface area contributed by atoms with Crippen LogP contribution in [-0.4, -0.2) is 11.7 Å². The van der Waals surface area contributed by atoms with Gasteiger partial charge in [0.25, 0.3) is 5.91 Å². The van der Waals surface area contributed by atoms with Crippen molar-refractivity contribution in [1.29, 1.82) is 0 Å². The maximum Gasteiger partial charge on any atom is 0.266 e. The summed E-state index contributed by atoms with van der Waals surface area (Å²) in [5.41, 5.74) is 2.54. The second kappa shape index (κ2) is 6.58. The molecule has 3 aromatic rings. The number of anilines is 1. The van der Waals surface area contributed by atoms with Crippen LogP contribution >= 0.6 is 11.3 Å². The van der Waals surface area contributed by atoms with Gasteiger partial charge in [0.05, 0.1) is 10.6 Å². The van der Waals surface area contributed by atoms with Crippen molar-refractivity contribution in [3.8, 4) is 0 Å². The molecule has 0 aliphatic rings. The lowest BCUT2D eigenvalue weighted by Crippen LogP contribution is -2.14. The van der Waals surface area contributed by atoms with Gasteiger partial charge in [-0.1, -0.05) is 42.5 Å². The van der Waals surface area contributed by atoms with Crippen LogP contribution < -0.4 is 5.32 Å². The molecule has 0 saturated heterocycles. The predicted octanol–water partition coefficient (Wildman–Crippen LogP) is 4.54. The molecule has 0 aliphatic carbocycles. The van der Waals surface area contributed by atoms with Crippen LogP contribution in [0.1, 0.15) is 31.2 Å². The molecule has 3 rings (SSSR count). The number of carbonyl (C=O) groups is 2. The third kappa shape index (κ3) is 3.22. The molecule has 0 saturated carbocycles. The molecule has 114 valence electrons. The average molecular weight is 321 g/mol. The van der Waals surface area contributed by atoms with Gasteiger partial charge in [0, 0.05) is 11.1 Å². The fourth-order valence-electron chi connectivity index (χ4n) is 2.32. The maximum atomic E-state index is 12.7. The van der Waals surface area contributed by atoms with Crippen molar-refractivity contribution >= 4 is 28.7 Å². The van der Waals surface area contributed by atoms with E-state index >= 15 is 0 Å². The quantitative estimate of drug-likeness (QED) is 0.717. The molecule has 2 aromatic carbocycles. The number of ketones is 1. The van der Waals surface area contributed by atoms with Crippen LogP contribution in [-0.2, 0) is 0 Å².